The second-order valence-corrected chi connectivity index (χ2v) is 9.43. The first kappa shape index (κ1) is 23.3. The fraction of sp³-hybridized carbons (Fsp3) is 0.500. The summed E-state index contributed by atoms with van der Waals surface area (Å²) in [5.41, 5.74) is 1.25. The van der Waals surface area contributed by atoms with Crippen LogP contribution in [0, 0.1) is 6.92 Å². The monoisotopic (exact) mass is 439 g/mol. The molecule has 0 saturated heterocycles. The Morgan fingerprint density at radius 2 is 1.97 bits per heavy atom. The number of hydrogen-bond acceptors (Lipinski definition) is 6. The van der Waals surface area contributed by atoms with E-state index < -0.39 is 10.0 Å². The van der Waals surface area contributed by atoms with Crippen molar-refractivity contribution in [3.8, 4) is 5.75 Å². The van der Waals surface area contributed by atoms with Crippen LogP contribution in [-0.4, -0.2) is 50.4 Å². The highest BCUT2D eigenvalue weighted by molar-refractivity contribution is 7.89. The first-order chi connectivity index (χ1) is 13.8. The molecule has 0 unspecified atom stereocenters. The third kappa shape index (κ3) is 6.01. The molecule has 0 bridgehead atoms. The molecule has 9 heteroatoms. The zero-order chi connectivity index (χ0) is 21.4. The summed E-state index contributed by atoms with van der Waals surface area (Å²) in [7, 11) is -2.19. The minimum atomic E-state index is -3.65. The molecule has 0 aliphatic rings. The van der Waals surface area contributed by atoms with Crippen LogP contribution in [-0.2, 0) is 16.4 Å². The number of nitrogens with zero attached hydrogens (tertiary/aromatic N) is 2. The molecule has 0 fully saturated rings. The minimum Gasteiger partial charge on any atom is -0.496 e. The van der Waals surface area contributed by atoms with Gasteiger partial charge in [0.15, 0.2) is 0 Å². The molecule has 1 aromatic carbocycles. The average molecular weight is 440 g/mol. The van der Waals surface area contributed by atoms with E-state index in [4.69, 9.17) is 4.74 Å². The maximum absolute atomic E-state index is 12.8. The van der Waals surface area contributed by atoms with Gasteiger partial charge in [0.1, 0.15) is 5.75 Å². The van der Waals surface area contributed by atoms with Crippen LogP contribution in [0.15, 0.2) is 28.5 Å². The molecular formula is C20H29N3O4S2. The number of rotatable bonds is 11. The quantitative estimate of drug-likeness (QED) is 0.543. The normalized spacial score (nSPS) is 11.6. The summed E-state index contributed by atoms with van der Waals surface area (Å²) in [6.45, 7) is 6.77. The fourth-order valence-corrected chi connectivity index (χ4v) is 5.26. The van der Waals surface area contributed by atoms with Crippen molar-refractivity contribution < 1.29 is 17.9 Å². The van der Waals surface area contributed by atoms with Gasteiger partial charge in [-0.1, -0.05) is 13.8 Å². The maximum Gasteiger partial charge on any atom is 0.255 e. The predicted octanol–water partition coefficient (Wildman–Crippen LogP) is 3.24. The van der Waals surface area contributed by atoms with Gasteiger partial charge in [-0.3, -0.25) is 4.79 Å². The first-order valence-corrected chi connectivity index (χ1v) is 12.0. The second-order valence-electron chi connectivity index (χ2n) is 6.55. The topological polar surface area (TPSA) is 88.6 Å². The summed E-state index contributed by atoms with van der Waals surface area (Å²) < 4.78 is 32.1. The Kier molecular flexibility index (Phi) is 8.60. The first-order valence-electron chi connectivity index (χ1n) is 9.70. The number of aromatic nitrogens is 1. The lowest BCUT2D eigenvalue weighted by Crippen LogP contribution is -2.31. The lowest BCUT2D eigenvalue weighted by molar-refractivity contribution is 0.0949. The molecule has 1 heterocycles. The molecule has 2 aromatic rings. The van der Waals surface area contributed by atoms with Gasteiger partial charge < -0.3 is 10.1 Å². The van der Waals surface area contributed by atoms with Crippen molar-refractivity contribution in [2.45, 2.75) is 44.9 Å². The summed E-state index contributed by atoms with van der Waals surface area (Å²) in [4.78, 5) is 17.2. The SMILES string of the molecule is CCN(CC)S(=O)(=O)c1ccc(OC)c(C(=O)NCCCCc2nc(C)cs2)c1. The number of benzene rings is 1. The lowest BCUT2D eigenvalue weighted by atomic mass is 10.2. The number of amides is 1. The Labute approximate surface area is 177 Å². The number of methoxy groups -OCH3 is 1. The van der Waals surface area contributed by atoms with E-state index in [1.807, 2.05) is 12.3 Å². The molecule has 160 valence electrons. The Hall–Kier alpha value is -1.97. The summed E-state index contributed by atoms with van der Waals surface area (Å²) in [5, 5.41) is 5.99. The molecule has 0 aliphatic carbocycles. The van der Waals surface area contributed by atoms with E-state index in [1.165, 1.54) is 29.6 Å². The number of carbonyl (C=O) groups is 1. The van der Waals surface area contributed by atoms with Crippen LogP contribution >= 0.6 is 11.3 Å². The van der Waals surface area contributed by atoms with Crippen molar-refractivity contribution in [3.05, 3.63) is 39.8 Å². The number of hydrogen-bond donors (Lipinski definition) is 1. The summed E-state index contributed by atoms with van der Waals surface area (Å²) in [6, 6.07) is 4.38. The standard InChI is InChI=1S/C20H29N3O4S2/c1-5-23(6-2)29(25,26)16-10-11-18(27-4)17(13-16)20(24)21-12-8-7-9-19-22-15(3)14-28-19/h10-11,13-14H,5-9,12H2,1-4H3,(H,21,24). The van der Waals surface area contributed by atoms with E-state index in [9.17, 15) is 13.2 Å². The summed E-state index contributed by atoms with van der Waals surface area (Å²) >= 11 is 1.65. The fourth-order valence-electron chi connectivity index (χ4n) is 2.95. The average Bonchev–Trinajstić information content (AvgIpc) is 3.12. The third-order valence-corrected chi connectivity index (χ3v) is 7.60. The highest BCUT2D eigenvalue weighted by Gasteiger charge is 2.24. The number of ether oxygens (including phenoxy) is 1. The lowest BCUT2D eigenvalue weighted by Gasteiger charge is -2.19. The number of carbonyl (C=O) groups excluding carboxylic acids is 1. The van der Waals surface area contributed by atoms with E-state index in [0.717, 1.165) is 30.0 Å². The molecule has 0 radical (unpaired) electrons. The molecule has 2 rings (SSSR count). The summed E-state index contributed by atoms with van der Waals surface area (Å²) in [6.07, 6.45) is 2.61. The second kappa shape index (κ2) is 10.7. The van der Waals surface area contributed by atoms with E-state index >= 15 is 0 Å². The van der Waals surface area contributed by atoms with E-state index in [0.29, 0.717) is 25.4 Å². The highest BCUT2D eigenvalue weighted by Crippen LogP contribution is 2.24. The number of unbranched alkanes of at least 4 members (excludes halogenated alkanes) is 1. The van der Waals surface area contributed by atoms with Crippen LogP contribution < -0.4 is 10.1 Å². The van der Waals surface area contributed by atoms with Gasteiger partial charge in [0, 0.05) is 30.7 Å². The van der Waals surface area contributed by atoms with Gasteiger partial charge in [0.25, 0.3) is 5.91 Å². The maximum atomic E-state index is 12.8. The van der Waals surface area contributed by atoms with Gasteiger partial charge in [-0.2, -0.15) is 4.31 Å². The number of thiazole rings is 1. The van der Waals surface area contributed by atoms with Crippen molar-refractivity contribution in [1.82, 2.24) is 14.6 Å². The van der Waals surface area contributed by atoms with Gasteiger partial charge in [-0.05, 0) is 44.4 Å². The Balaban J connectivity index is 2.02. The van der Waals surface area contributed by atoms with Gasteiger partial charge in [-0.25, -0.2) is 13.4 Å². The van der Waals surface area contributed by atoms with Crippen LogP contribution in [0.25, 0.3) is 0 Å². The summed E-state index contributed by atoms with van der Waals surface area (Å²) in [5.74, 6) is 0.00259. The zero-order valence-corrected chi connectivity index (χ0v) is 19.0. The van der Waals surface area contributed by atoms with Crippen LogP contribution in [0.1, 0.15) is 47.7 Å². The van der Waals surface area contributed by atoms with Crippen molar-refractivity contribution >= 4 is 27.3 Å². The Bertz CT molecular complexity index is 922. The molecule has 7 nitrogen and oxygen atoms in total. The zero-order valence-electron chi connectivity index (χ0n) is 17.4. The molecule has 0 atom stereocenters. The van der Waals surface area contributed by atoms with Crippen molar-refractivity contribution in [2.24, 2.45) is 0 Å². The molecule has 1 amide bonds. The number of nitrogens with one attached hydrogen (secondary N) is 1. The van der Waals surface area contributed by atoms with Crippen LogP contribution in [0.4, 0.5) is 0 Å². The largest absolute Gasteiger partial charge is 0.496 e. The molecule has 0 saturated carbocycles. The Morgan fingerprint density at radius 1 is 1.24 bits per heavy atom. The highest BCUT2D eigenvalue weighted by atomic mass is 32.2. The van der Waals surface area contributed by atoms with E-state index in [1.54, 1.807) is 25.2 Å². The number of sulfonamides is 1. The predicted molar refractivity (Wildman–Crippen MR) is 115 cm³/mol. The molecular weight excluding hydrogens is 410 g/mol. The van der Waals surface area contributed by atoms with Gasteiger partial charge in [0.2, 0.25) is 10.0 Å². The Morgan fingerprint density at radius 3 is 2.55 bits per heavy atom. The van der Waals surface area contributed by atoms with Gasteiger partial charge in [0.05, 0.1) is 22.6 Å². The molecule has 0 spiro atoms. The van der Waals surface area contributed by atoms with Crippen molar-refractivity contribution in [2.75, 3.05) is 26.7 Å². The van der Waals surface area contributed by atoms with Crippen LogP contribution in [0.2, 0.25) is 0 Å². The van der Waals surface area contributed by atoms with E-state index in [-0.39, 0.29) is 16.4 Å². The molecule has 29 heavy (non-hydrogen) atoms. The smallest absolute Gasteiger partial charge is 0.255 e. The molecule has 1 N–H and O–H groups in total. The minimum absolute atomic E-state index is 0.0892. The molecule has 1 aromatic heterocycles. The van der Waals surface area contributed by atoms with Gasteiger partial charge >= 0.3 is 0 Å². The number of aryl methyl sites for hydroxylation is 2. The van der Waals surface area contributed by atoms with Crippen LogP contribution in [0.5, 0.6) is 5.75 Å². The van der Waals surface area contributed by atoms with Gasteiger partial charge in [-0.15, -0.1) is 11.3 Å². The van der Waals surface area contributed by atoms with Crippen LogP contribution in [0.3, 0.4) is 0 Å². The molecule has 0 aliphatic heterocycles. The third-order valence-electron chi connectivity index (χ3n) is 4.53. The van der Waals surface area contributed by atoms with Crippen molar-refractivity contribution in [3.63, 3.8) is 0 Å². The van der Waals surface area contributed by atoms with Crippen molar-refractivity contribution in [1.29, 1.82) is 0 Å². The van der Waals surface area contributed by atoms with E-state index in [2.05, 4.69) is 10.3 Å².